The summed E-state index contributed by atoms with van der Waals surface area (Å²) < 4.78 is 5.25. The van der Waals surface area contributed by atoms with Gasteiger partial charge in [-0.25, -0.2) is 0 Å². The van der Waals surface area contributed by atoms with Crippen LogP contribution in [0.2, 0.25) is 0 Å². The standard InChI is InChI=1S/C16H20N2O5/c19-14-7-11(9-17(14)10-13-4-2-6-23-13)16(22)18-5-1-3-12(18)8-15(20)21/h2,4,6,11-12H,1,3,5,7-10H2,(H,20,21). The number of aliphatic carboxylic acids is 1. The molecule has 0 bridgehead atoms. The van der Waals surface area contributed by atoms with Crippen LogP contribution in [0, 0.1) is 5.92 Å². The largest absolute Gasteiger partial charge is 0.481 e. The zero-order chi connectivity index (χ0) is 16.4. The quantitative estimate of drug-likeness (QED) is 0.877. The first-order valence-corrected chi connectivity index (χ1v) is 7.87. The Balaban J connectivity index is 1.62. The first kappa shape index (κ1) is 15.6. The number of likely N-dealkylation sites (tertiary alicyclic amines) is 2. The molecule has 0 aliphatic carbocycles. The van der Waals surface area contributed by atoms with E-state index in [1.807, 2.05) is 0 Å². The number of carbonyl (C=O) groups excluding carboxylic acids is 2. The Bertz CT molecular complexity index is 598. The maximum absolute atomic E-state index is 12.7. The summed E-state index contributed by atoms with van der Waals surface area (Å²) in [5.74, 6) is -0.738. The molecule has 2 saturated heterocycles. The Kier molecular flexibility index (Phi) is 4.36. The van der Waals surface area contributed by atoms with Gasteiger partial charge < -0.3 is 19.3 Å². The molecule has 2 atom stereocenters. The van der Waals surface area contributed by atoms with Gasteiger partial charge in [0.2, 0.25) is 11.8 Å². The third-order valence-electron chi connectivity index (χ3n) is 4.56. The molecule has 2 unspecified atom stereocenters. The van der Waals surface area contributed by atoms with E-state index in [1.54, 1.807) is 28.2 Å². The fourth-order valence-corrected chi connectivity index (χ4v) is 3.46. The van der Waals surface area contributed by atoms with Gasteiger partial charge in [0.25, 0.3) is 0 Å². The maximum Gasteiger partial charge on any atom is 0.305 e. The monoisotopic (exact) mass is 320 g/mol. The molecule has 1 aromatic rings. The smallest absolute Gasteiger partial charge is 0.305 e. The van der Waals surface area contributed by atoms with E-state index in [0.29, 0.717) is 25.4 Å². The minimum Gasteiger partial charge on any atom is -0.481 e. The number of rotatable bonds is 5. The highest BCUT2D eigenvalue weighted by Gasteiger charge is 2.40. The van der Waals surface area contributed by atoms with Gasteiger partial charge in [-0.15, -0.1) is 0 Å². The molecule has 0 spiro atoms. The molecule has 3 rings (SSSR count). The van der Waals surface area contributed by atoms with E-state index in [1.165, 1.54) is 0 Å². The van der Waals surface area contributed by atoms with Crippen LogP contribution >= 0.6 is 0 Å². The first-order chi connectivity index (χ1) is 11.0. The van der Waals surface area contributed by atoms with Gasteiger partial charge in [0.15, 0.2) is 0 Å². The third-order valence-corrected chi connectivity index (χ3v) is 4.56. The first-order valence-electron chi connectivity index (χ1n) is 7.87. The molecule has 1 N–H and O–H groups in total. The van der Waals surface area contributed by atoms with Crippen LogP contribution in [-0.4, -0.2) is 51.8 Å². The number of carbonyl (C=O) groups is 3. The van der Waals surface area contributed by atoms with Crippen molar-refractivity contribution in [2.45, 2.75) is 38.3 Å². The lowest BCUT2D eigenvalue weighted by atomic mass is 10.1. The van der Waals surface area contributed by atoms with Crippen molar-refractivity contribution in [3.05, 3.63) is 24.2 Å². The van der Waals surface area contributed by atoms with Crippen LogP contribution < -0.4 is 0 Å². The average molecular weight is 320 g/mol. The summed E-state index contributed by atoms with van der Waals surface area (Å²) in [6.45, 7) is 1.32. The number of nitrogens with zero attached hydrogens (tertiary/aromatic N) is 2. The molecule has 0 radical (unpaired) electrons. The van der Waals surface area contributed by atoms with Crippen LogP contribution in [0.25, 0.3) is 0 Å². The van der Waals surface area contributed by atoms with Crippen LogP contribution in [-0.2, 0) is 20.9 Å². The minimum absolute atomic E-state index is 0.0253. The molecule has 0 aromatic carbocycles. The van der Waals surface area contributed by atoms with E-state index in [-0.39, 0.29) is 36.6 Å². The molecule has 2 aliphatic rings. The van der Waals surface area contributed by atoms with Crippen LogP contribution in [0.1, 0.15) is 31.4 Å². The number of hydrogen-bond donors (Lipinski definition) is 1. The lowest BCUT2D eigenvalue weighted by Gasteiger charge is -2.26. The molecular formula is C16H20N2O5. The van der Waals surface area contributed by atoms with E-state index < -0.39 is 5.97 Å². The van der Waals surface area contributed by atoms with Gasteiger partial charge in [0, 0.05) is 25.6 Å². The molecule has 23 heavy (non-hydrogen) atoms. The summed E-state index contributed by atoms with van der Waals surface area (Å²) in [4.78, 5) is 39.0. The summed E-state index contributed by atoms with van der Waals surface area (Å²) in [5.41, 5.74) is 0. The summed E-state index contributed by atoms with van der Waals surface area (Å²) in [5, 5.41) is 8.96. The Morgan fingerprint density at radius 2 is 2.22 bits per heavy atom. The van der Waals surface area contributed by atoms with Gasteiger partial charge in [-0.2, -0.15) is 0 Å². The van der Waals surface area contributed by atoms with Crippen LogP contribution in [0.4, 0.5) is 0 Å². The second-order valence-corrected chi connectivity index (χ2v) is 6.18. The Morgan fingerprint density at radius 1 is 1.39 bits per heavy atom. The highest BCUT2D eigenvalue weighted by Crippen LogP contribution is 2.27. The molecule has 2 aliphatic heterocycles. The molecule has 7 nitrogen and oxygen atoms in total. The lowest BCUT2D eigenvalue weighted by molar-refractivity contribution is -0.141. The number of furan rings is 1. The van der Waals surface area contributed by atoms with Gasteiger partial charge in [0.05, 0.1) is 25.1 Å². The maximum atomic E-state index is 12.7. The van der Waals surface area contributed by atoms with Crippen molar-refractivity contribution in [3.8, 4) is 0 Å². The van der Waals surface area contributed by atoms with Crippen LogP contribution in [0.5, 0.6) is 0 Å². The number of amides is 2. The molecule has 2 amide bonds. The third kappa shape index (κ3) is 3.38. The fraction of sp³-hybridized carbons (Fsp3) is 0.562. The Hall–Kier alpha value is -2.31. The summed E-state index contributed by atoms with van der Waals surface area (Å²) >= 11 is 0. The number of carboxylic acid groups (broad SMARTS) is 1. The van der Waals surface area contributed by atoms with E-state index in [0.717, 1.165) is 12.8 Å². The topological polar surface area (TPSA) is 91.1 Å². The van der Waals surface area contributed by atoms with Gasteiger partial charge in [-0.1, -0.05) is 0 Å². The molecule has 2 fully saturated rings. The van der Waals surface area contributed by atoms with Gasteiger partial charge in [-0.3, -0.25) is 14.4 Å². The van der Waals surface area contributed by atoms with E-state index in [4.69, 9.17) is 9.52 Å². The van der Waals surface area contributed by atoms with Crippen molar-refractivity contribution in [1.82, 2.24) is 9.80 Å². The molecule has 3 heterocycles. The van der Waals surface area contributed by atoms with Gasteiger partial charge in [0.1, 0.15) is 5.76 Å². The second kappa shape index (κ2) is 6.44. The van der Waals surface area contributed by atoms with Crippen LogP contribution in [0.3, 0.4) is 0 Å². The highest BCUT2D eigenvalue weighted by atomic mass is 16.4. The van der Waals surface area contributed by atoms with E-state index >= 15 is 0 Å². The van der Waals surface area contributed by atoms with Gasteiger partial charge >= 0.3 is 5.97 Å². The second-order valence-electron chi connectivity index (χ2n) is 6.18. The molecule has 1 aromatic heterocycles. The highest BCUT2D eigenvalue weighted by molar-refractivity contribution is 5.89. The summed E-state index contributed by atoms with van der Waals surface area (Å²) in [7, 11) is 0. The normalized spacial score (nSPS) is 24.4. The number of hydrogen-bond acceptors (Lipinski definition) is 4. The average Bonchev–Trinajstić information content (AvgIpc) is 3.21. The van der Waals surface area contributed by atoms with Crippen molar-refractivity contribution in [2.75, 3.05) is 13.1 Å². The van der Waals surface area contributed by atoms with Crippen LogP contribution in [0.15, 0.2) is 22.8 Å². The van der Waals surface area contributed by atoms with Crippen molar-refractivity contribution >= 4 is 17.8 Å². The van der Waals surface area contributed by atoms with E-state index in [9.17, 15) is 14.4 Å². The zero-order valence-electron chi connectivity index (χ0n) is 12.8. The van der Waals surface area contributed by atoms with Crippen molar-refractivity contribution in [3.63, 3.8) is 0 Å². The predicted octanol–water partition coefficient (Wildman–Crippen LogP) is 1.09. The molecule has 7 heteroatoms. The van der Waals surface area contributed by atoms with Crippen molar-refractivity contribution in [2.24, 2.45) is 5.92 Å². The molecular weight excluding hydrogens is 300 g/mol. The SMILES string of the molecule is O=C(O)CC1CCCN1C(=O)C1CC(=O)N(Cc2ccco2)C1. The fourth-order valence-electron chi connectivity index (χ4n) is 3.46. The summed E-state index contributed by atoms with van der Waals surface area (Å²) in [6.07, 6.45) is 3.26. The number of carboxylic acids is 1. The zero-order valence-corrected chi connectivity index (χ0v) is 12.8. The summed E-state index contributed by atoms with van der Waals surface area (Å²) in [6, 6.07) is 3.32. The van der Waals surface area contributed by atoms with Gasteiger partial charge in [-0.05, 0) is 25.0 Å². The minimum atomic E-state index is -0.892. The predicted molar refractivity (Wildman–Crippen MR) is 79.2 cm³/mol. The lowest BCUT2D eigenvalue weighted by Crippen LogP contribution is -2.41. The van der Waals surface area contributed by atoms with Crippen molar-refractivity contribution < 1.29 is 23.9 Å². The molecule has 124 valence electrons. The van der Waals surface area contributed by atoms with E-state index in [2.05, 4.69) is 0 Å². The Morgan fingerprint density at radius 3 is 2.91 bits per heavy atom. The molecule has 0 saturated carbocycles. The van der Waals surface area contributed by atoms with Crippen molar-refractivity contribution in [1.29, 1.82) is 0 Å². The Labute approximate surface area is 133 Å².